The van der Waals surface area contributed by atoms with Gasteiger partial charge in [-0.3, -0.25) is 0 Å². The molecule has 5 heteroatoms. The fourth-order valence-corrected chi connectivity index (χ4v) is 2.19. The van der Waals surface area contributed by atoms with Crippen LogP contribution in [0.4, 0.5) is 0 Å². The summed E-state index contributed by atoms with van der Waals surface area (Å²) in [6.07, 6.45) is 3.83. The zero-order valence-electron chi connectivity index (χ0n) is 11.5. The van der Waals surface area contributed by atoms with Crippen LogP contribution in [-0.4, -0.2) is 21.3 Å². The van der Waals surface area contributed by atoms with Gasteiger partial charge in [-0.25, -0.2) is 9.67 Å². The molecule has 0 amide bonds. The Bertz CT molecular complexity index is 548. The third-order valence-electron chi connectivity index (χ3n) is 2.85. The minimum atomic E-state index is 0.412. The van der Waals surface area contributed by atoms with Crippen LogP contribution in [0.15, 0.2) is 24.5 Å². The highest BCUT2D eigenvalue weighted by Gasteiger charge is 2.08. The van der Waals surface area contributed by atoms with Crippen LogP contribution in [0, 0.1) is 3.57 Å². The average molecular weight is 370 g/mol. The van der Waals surface area contributed by atoms with E-state index in [0.29, 0.717) is 5.92 Å². The standard InChI is InChI=1S/C14H19IN4/c1-4-16-7-11-5-13(10(2)3)18-14(6-11)19-9-12(15)8-17-19/h5-6,8-10,16H,4,7H2,1-3H3. The maximum absolute atomic E-state index is 4.69. The molecule has 1 N–H and O–H groups in total. The third kappa shape index (κ3) is 3.76. The second kappa shape index (κ2) is 6.47. The minimum absolute atomic E-state index is 0.412. The van der Waals surface area contributed by atoms with Gasteiger partial charge in [-0.05, 0) is 52.7 Å². The van der Waals surface area contributed by atoms with E-state index in [4.69, 9.17) is 4.98 Å². The van der Waals surface area contributed by atoms with Gasteiger partial charge in [-0.2, -0.15) is 5.10 Å². The van der Waals surface area contributed by atoms with Crippen molar-refractivity contribution in [2.75, 3.05) is 6.54 Å². The third-order valence-corrected chi connectivity index (χ3v) is 3.40. The molecule has 0 saturated heterocycles. The van der Waals surface area contributed by atoms with Crippen molar-refractivity contribution in [3.63, 3.8) is 0 Å². The highest BCUT2D eigenvalue weighted by atomic mass is 127. The van der Waals surface area contributed by atoms with Gasteiger partial charge in [0, 0.05) is 18.4 Å². The van der Waals surface area contributed by atoms with Crippen LogP contribution in [-0.2, 0) is 6.54 Å². The lowest BCUT2D eigenvalue weighted by molar-refractivity contribution is 0.714. The molecule has 0 radical (unpaired) electrons. The van der Waals surface area contributed by atoms with Crippen LogP contribution in [0.1, 0.15) is 37.9 Å². The lowest BCUT2D eigenvalue weighted by Gasteiger charge is -2.11. The number of rotatable bonds is 5. The van der Waals surface area contributed by atoms with Crippen molar-refractivity contribution in [2.24, 2.45) is 0 Å². The Hall–Kier alpha value is -0.950. The van der Waals surface area contributed by atoms with E-state index in [1.165, 1.54) is 5.56 Å². The molecule has 0 aliphatic heterocycles. The first-order chi connectivity index (χ1) is 9.10. The van der Waals surface area contributed by atoms with E-state index < -0.39 is 0 Å². The molecule has 2 aromatic rings. The topological polar surface area (TPSA) is 42.7 Å². The summed E-state index contributed by atoms with van der Waals surface area (Å²) in [5, 5.41) is 7.69. The molecule has 4 nitrogen and oxygen atoms in total. The molecule has 0 unspecified atom stereocenters. The molecule has 0 atom stereocenters. The van der Waals surface area contributed by atoms with Gasteiger partial charge in [0.05, 0.1) is 9.77 Å². The van der Waals surface area contributed by atoms with Gasteiger partial charge in [-0.1, -0.05) is 20.8 Å². The summed E-state index contributed by atoms with van der Waals surface area (Å²) in [7, 11) is 0. The van der Waals surface area contributed by atoms with Crippen molar-refractivity contribution < 1.29 is 0 Å². The normalized spacial score (nSPS) is 11.2. The maximum atomic E-state index is 4.69. The van der Waals surface area contributed by atoms with Crippen molar-refractivity contribution >= 4 is 22.6 Å². The molecule has 0 aromatic carbocycles. The highest BCUT2D eigenvalue weighted by Crippen LogP contribution is 2.17. The van der Waals surface area contributed by atoms with E-state index in [1.54, 1.807) is 0 Å². The van der Waals surface area contributed by atoms with Crippen molar-refractivity contribution in [2.45, 2.75) is 33.2 Å². The predicted molar refractivity (Wildman–Crippen MR) is 85.5 cm³/mol. The van der Waals surface area contributed by atoms with Crippen molar-refractivity contribution in [1.82, 2.24) is 20.1 Å². The maximum Gasteiger partial charge on any atom is 0.153 e. The molecule has 19 heavy (non-hydrogen) atoms. The van der Waals surface area contributed by atoms with E-state index in [1.807, 2.05) is 17.1 Å². The first-order valence-electron chi connectivity index (χ1n) is 6.52. The number of hydrogen-bond donors (Lipinski definition) is 1. The Morgan fingerprint density at radius 2 is 2.16 bits per heavy atom. The van der Waals surface area contributed by atoms with E-state index in [0.717, 1.165) is 28.2 Å². The lowest BCUT2D eigenvalue weighted by atomic mass is 10.1. The number of halogens is 1. The molecule has 0 saturated carbocycles. The molecule has 0 aliphatic carbocycles. The number of nitrogens with one attached hydrogen (secondary N) is 1. The smallest absolute Gasteiger partial charge is 0.153 e. The van der Waals surface area contributed by atoms with Gasteiger partial charge in [0.2, 0.25) is 0 Å². The zero-order valence-corrected chi connectivity index (χ0v) is 13.7. The van der Waals surface area contributed by atoms with Crippen LogP contribution in [0.2, 0.25) is 0 Å². The van der Waals surface area contributed by atoms with Crippen molar-refractivity contribution in [3.05, 3.63) is 39.4 Å². The number of hydrogen-bond acceptors (Lipinski definition) is 3. The summed E-state index contributed by atoms with van der Waals surface area (Å²) >= 11 is 2.26. The largest absolute Gasteiger partial charge is 0.313 e. The van der Waals surface area contributed by atoms with E-state index in [2.05, 4.69) is 65.9 Å². The van der Waals surface area contributed by atoms with E-state index >= 15 is 0 Å². The minimum Gasteiger partial charge on any atom is -0.313 e. The summed E-state index contributed by atoms with van der Waals surface area (Å²) in [5.41, 5.74) is 2.36. The molecule has 2 rings (SSSR count). The molecule has 0 aliphatic rings. The molecule has 0 fully saturated rings. The summed E-state index contributed by atoms with van der Waals surface area (Å²) < 4.78 is 2.95. The van der Waals surface area contributed by atoms with Gasteiger partial charge in [-0.15, -0.1) is 0 Å². The Labute approximate surface area is 127 Å². The van der Waals surface area contributed by atoms with Gasteiger partial charge < -0.3 is 5.32 Å². The average Bonchev–Trinajstić information content (AvgIpc) is 2.82. The van der Waals surface area contributed by atoms with Crippen LogP contribution in [0.3, 0.4) is 0 Å². The quantitative estimate of drug-likeness (QED) is 0.823. The first kappa shape index (κ1) is 14.5. The Kier molecular flexibility index (Phi) is 4.93. The van der Waals surface area contributed by atoms with Gasteiger partial charge >= 0.3 is 0 Å². The number of aromatic nitrogens is 3. The molecular formula is C14H19IN4. The predicted octanol–water partition coefficient (Wildman–Crippen LogP) is 3.10. The van der Waals surface area contributed by atoms with Crippen LogP contribution in [0.25, 0.3) is 5.82 Å². The monoisotopic (exact) mass is 370 g/mol. The van der Waals surface area contributed by atoms with E-state index in [9.17, 15) is 0 Å². The van der Waals surface area contributed by atoms with Crippen LogP contribution >= 0.6 is 22.6 Å². The molecule has 2 heterocycles. The fraction of sp³-hybridized carbons (Fsp3) is 0.429. The van der Waals surface area contributed by atoms with Crippen LogP contribution < -0.4 is 5.32 Å². The highest BCUT2D eigenvalue weighted by molar-refractivity contribution is 14.1. The van der Waals surface area contributed by atoms with E-state index in [-0.39, 0.29) is 0 Å². The summed E-state index contributed by atoms with van der Waals surface area (Å²) in [5.74, 6) is 1.30. The van der Waals surface area contributed by atoms with Gasteiger partial charge in [0.25, 0.3) is 0 Å². The SMILES string of the molecule is CCNCc1cc(C(C)C)nc(-n2cc(I)cn2)c1. The zero-order chi connectivity index (χ0) is 13.8. The molecule has 2 aromatic heterocycles. The molecule has 0 bridgehead atoms. The Balaban J connectivity index is 2.39. The Morgan fingerprint density at radius 3 is 2.74 bits per heavy atom. The number of pyridine rings is 1. The van der Waals surface area contributed by atoms with Crippen molar-refractivity contribution in [3.8, 4) is 5.82 Å². The first-order valence-corrected chi connectivity index (χ1v) is 7.60. The fourth-order valence-electron chi connectivity index (χ4n) is 1.80. The van der Waals surface area contributed by atoms with Crippen LogP contribution in [0.5, 0.6) is 0 Å². The second-order valence-corrected chi connectivity index (χ2v) is 6.04. The number of nitrogens with zero attached hydrogens (tertiary/aromatic N) is 3. The summed E-state index contributed by atoms with van der Waals surface area (Å²) in [6.45, 7) is 8.27. The molecular weight excluding hydrogens is 351 g/mol. The Morgan fingerprint density at radius 1 is 1.37 bits per heavy atom. The van der Waals surface area contributed by atoms with Crippen molar-refractivity contribution in [1.29, 1.82) is 0 Å². The second-order valence-electron chi connectivity index (χ2n) is 4.80. The lowest BCUT2D eigenvalue weighted by Crippen LogP contribution is -2.13. The summed E-state index contributed by atoms with van der Waals surface area (Å²) in [4.78, 5) is 4.69. The van der Waals surface area contributed by atoms with Gasteiger partial charge in [0.1, 0.15) is 0 Å². The van der Waals surface area contributed by atoms with Gasteiger partial charge in [0.15, 0.2) is 5.82 Å². The molecule has 102 valence electrons. The molecule has 0 spiro atoms. The summed E-state index contributed by atoms with van der Waals surface area (Å²) in [6, 6.07) is 4.27.